The summed E-state index contributed by atoms with van der Waals surface area (Å²) in [6, 6.07) is 16.1. The number of carbonyl (C=O) groups excluding carboxylic acids is 1. The molecule has 1 N–H and O–H groups in total. The summed E-state index contributed by atoms with van der Waals surface area (Å²) in [7, 11) is 0. The molecular formula is C17H12ClN3O2. The number of anilines is 1. The Morgan fingerprint density at radius 1 is 1.00 bits per heavy atom. The third-order valence-electron chi connectivity index (χ3n) is 2.93. The molecule has 1 amide bonds. The number of para-hydroxylation sites is 1. The lowest BCUT2D eigenvalue weighted by molar-refractivity contribution is 0.102. The van der Waals surface area contributed by atoms with Crippen molar-refractivity contribution in [2.45, 2.75) is 0 Å². The van der Waals surface area contributed by atoms with Crippen molar-refractivity contribution in [3.05, 3.63) is 77.6 Å². The van der Waals surface area contributed by atoms with Crippen LogP contribution in [-0.4, -0.2) is 15.9 Å². The second-order valence-electron chi connectivity index (χ2n) is 4.63. The topological polar surface area (TPSA) is 64.1 Å². The lowest BCUT2D eigenvalue weighted by Crippen LogP contribution is -2.12. The molecule has 0 saturated heterocycles. The van der Waals surface area contributed by atoms with Crippen LogP contribution in [0, 0.1) is 0 Å². The maximum atomic E-state index is 12.1. The van der Waals surface area contributed by atoms with E-state index in [0.29, 0.717) is 22.0 Å². The molecule has 1 heterocycles. The molecule has 0 aliphatic carbocycles. The molecular weight excluding hydrogens is 314 g/mol. The van der Waals surface area contributed by atoms with Gasteiger partial charge < -0.3 is 10.1 Å². The Kier molecular flexibility index (Phi) is 4.49. The molecule has 1 aromatic heterocycles. The maximum Gasteiger partial charge on any atom is 0.322 e. The van der Waals surface area contributed by atoms with Crippen molar-refractivity contribution in [2.24, 2.45) is 0 Å². The highest BCUT2D eigenvalue weighted by atomic mass is 35.5. The van der Waals surface area contributed by atoms with Crippen LogP contribution in [0.2, 0.25) is 5.02 Å². The van der Waals surface area contributed by atoms with Gasteiger partial charge in [0, 0.05) is 10.6 Å². The van der Waals surface area contributed by atoms with Crippen molar-refractivity contribution in [3.8, 4) is 11.8 Å². The minimum absolute atomic E-state index is 0.206. The van der Waals surface area contributed by atoms with E-state index in [9.17, 15) is 4.79 Å². The molecule has 114 valence electrons. The summed E-state index contributed by atoms with van der Waals surface area (Å²) in [5.74, 6) is 0.357. The first-order chi connectivity index (χ1) is 11.2. The first kappa shape index (κ1) is 15.0. The van der Waals surface area contributed by atoms with E-state index in [1.54, 1.807) is 36.4 Å². The van der Waals surface area contributed by atoms with Gasteiger partial charge in [0.2, 0.25) is 0 Å². The summed E-state index contributed by atoms with van der Waals surface area (Å²) < 4.78 is 5.49. The zero-order valence-electron chi connectivity index (χ0n) is 11.9. The number of aromatic nitrogens is 2. The van der Waals surface area contributed by atoms with Gasteiger partial charge in [0.15, 0.2) is 0 Å². The molecule has 3 aromatic rings. The van der Waals surface area contributed by atoms with E-state index in [2.05, 4.69) is 15.3 Å². The van der Waals surface area contributed by atoms with Gasteiger partial charge in [-0.25, -0.2) is 9.97 Å². The van der Waals surface area contributed by atoms with Crippen LogP contribution in [0.4, 0.5) is 5.69 Å². The minimum atomic E-state index is -0.284. The second kappa shape index (κ2) is 6.89. The predicted molar refractivity (Wildman–Crippen MR) is 88.0 cm³/mol. The highest BCUT2D eigenvalue weighted by molar-refractivity contribution is 6.31. The first-order valence-corrected chi connectivity index (χ1v) is 7.20. The monoisotopic (exact) mass is 325 g/mol. The van der Waals surface area contributed by atoms with Crippen LogP contribution < -0.4 is 10.1 Å². The van der Waals surface area contributed by atoms with Crippen LogP contribution >= 0.6 is 11.6 Å². The van der Waals surface area contributed by atoms with E-state index >= 15 is 0 Å². The van der Waals surface area contributed by atoms with Crippen LogP contribution in [-0.2, 0) is 0 Å². The summed E-state index contributed by atoms with van der Waals surface area (Å²) in [5, 5.41) is 3.20. The Morgan fingerprint density at radius 3 is 2.43 bits per heavy atom. The van der Waals surface area contributed by atoms with Gasteiger partial charge in [-0.1, -0.05) is 35.9 Å². The smallest absolute Gasteiger partial charge is 0.322 e. The highest BCUT2D eigenvalue weighted by Gasteiger charge is 2.07. The fraction of sp³-hybridized carbons (Fsp3) is 0. The molecule has 2 aromatic carbocycles. The average Bonchev–Trinajstić information content (AvgIpc) is 2.57. The number of carbonyl (C=O) groups is 1. The van der Waals surface area contributed by atoms with Gasteiger partial charge in [0.25, 0.3) is 5.91 Å². The van der Waals surface area contributed by atoms with E-state index in [1.165, 1.54) is 12.4 Å². The normalized spacial score (nSPS) is 10.1. The van der Waals surface area contributed by atoms with Gasteiger partial charge in [-0.15, -0.1) is 0 Å². The number of nitrogens with zero attached hydrogens (tertiary/aromatic N) is 2. The Morgan fingerprint density at radius 2 is 1.74 bits per heavy atom. The summed E-state index contributed by atoms with van der Waals surface area (Å²) in [6.07, 6.45) is 2.96. The predicted octanol–water partition coefficient (Wildman–Crippen LogP) is 4.17. The second-order valence-corrected chi connectivity index (χ2v) is 5.07. The van der Waals surface area contributed by atoms with E-state index in [0.717, 1.165) is 0 Å². The molecule has 0 atom stereocenters. The fourth-order valence-corrected chi connectivity index (χ4v) is 2.05. The van der Waals surface area contributed by atoms with Gasteiger partial charge in [0.05, 0.1) is 18.1 Å². The average molecular weight is 326 g/mol. The Bertz CT molecular complexity index is 808. The van der Waals surface area contributed by atoms with Gasteiger partial charge in [-0.05, 0) is 30.3 Å². The van der Waals surface area contributed by atoms with Crippen LogP contribution in [0.25, 0.3) is 0 Å². The SMILES string of the molecule is O=C(Nc1cnc(Oc2ccccc2)nc1)c1cccc(Cl)c1. The van der Waals surface area contributed by atoms with Crippen molar-refractivity contribution >= 4 is 23.2 Å². The van der Waals surface area contributed by atoms with Crippen molar-refractivity contribution in [3.63, 3.8) is 0 Å². The number of nitrogens with one attached hydrogen (secondary N) is 1. The van der Waals surface area contributed by atoms with Gasteiger partial charge in [0.1, 0.15) is 5.75 Å². The van der Waals surface area contributed by atoms with Gasteiger partial charge in [-0.3, -0.25) is 4.79 Å². The standard InChI is InChI=1S/C17H12ClN3O2/c18-13-6-4-5-12(9-13)16(22)21-14-10-19-17(20-11-14)23-15-7-2-1-3-8-15/h1-11H,(H,21,22). The molecule has 0 spiro atoms. The molecule has 0 aliphatic rings. The molecule has 0 saturated carbocycles. The van der Waals surface area contributed by atoms with Crippen LogP contribution in [0.5, 0.6) is 11.8 Å². The Balaban J connectivity index is 1.67. The third-order valence-corrected chi connectivity index (χ3v) is 3.16. The van der Waals surface area contributed by atoms with Crippen LogP contribution in [0.3, 0.4) is 0 Å². The molecule has 0 radical (unpaired) electrons. The van der Waals surface area contributed by atoms with Gasteiger partial charge in [-0.2, -0.15) is 0 Å². The van der Waals surface area contributed by atoms with E-state index < -0.39 is 0 Å². The molecule has 0 fully saturated rings. The number of hydrogen-bond donors (Lipinski definition) is 1. The molecule has 0 bridgehead atoms. The lowest BCUT2D eigenvalue weighted by Gasteiger charge is -2.06. The lowest BCUT2D eigenvalue weighted by atomic mass is 10.2. The number of benzene rings is 2. The summed E-state index contributed by atoms with van der Waals surface area (Å²) >= 11 is 5.87. The van der Waals surface area contributed by atoms with Crippen molar-refractivity contribution in [2.75, 3.05) is 5.32 Å². The molecule has 3 rings (SSSR count). The molecule has 5 nitrogen and oxygen atoms in total. The number of halogens is 1. The van der Waals surface area contributed by atoms with E-state index in [4.69, 9.17) is 16.3 Å². The zero-order chi connectivity index (χ0) is 16.1. The number of rotatable bonds is 4. The zero-order valence-corrected chi connectivity index (χ0v) is 12.7. The molecule has 0 aliphatic heterocycles. The van der Waals surface area contributed by atoms with E-state index in [-0.39, 0.29) is 11.9 Å². The first-order valence-electron chi connectivity index (χ1n) is 6.82. The van der Waals surface area contributed by atoms with Gasteiger partial charge >= 0.3 is 6.01 Å². The number of amides is 1. The summed E-state index contributed by atoms with van der Waals surface area (Å²) in [6.45, 7) is 0. The summed E-state index contributed by atoms with van der Waals surface area (Å²) in [4.78, 5) is 20.2. The number of hydrogen-bond acceptors (Lipinski definition) is 4. The molecule has 0 unspecified atom stereocenters. The summed E-state index contributed by atoms with van der Waals surface area (Å²) in [5.41, 5.74) is 0.928. The minimum Gasteiger partial charge on any atom is -0.424 e. The Hall–Kier alpha value is -2.92. The molecule has 23 heavy (non-hydrogen) atoms. The largest absolute Gasteiger partial charge is 0.424 e. The maximum absolute atomic E-state index is 12.1. The van der Waals surface area contributed by atoms with E-state index in [1.807, 2.05) is 18.2 Å². The highest BCUT2D eigenvalue weighted by Crippen LogP contribution is 2.18. The molecule has 6 heteroatoms. The van der Waals surface area contributed by atoms with Crippen LogP contribution in [0.1, 0.15) is 10.4 Å². The van der Waals surface area contributed by atoms with Crippen molar-refractivity contribution in [1.82, 2.24) is 9.97 Å². The third kappa shape index (κ3) is 4.05. The Labute approximate surface area is 137 Å². The number of ether oxygens (including phenoxy) is 1. The fourth-order valence-electron chi connectivity index (χ4n) is 1.86. The quantitative estimate of drug-likeness (QED) is 0.781. The van der Waals surface area contributed by atoms with Crippen molar-refractivity contribution in [1.29, 1.82) is 0 Å². The van der Waals surface area contributed by atoms with Crippen LogP contribution in [0.15, 0.2) is 67.0 Å². The van der Waals surface area contributed by atoms with Crippen molar-refractivity contribution < 1.29 is 9.53 Å².